The lowest BCUT2D eigenvalue weighted by molar-refractivity contribution is -0.141. The van der Waals surface area contributed by atoms with Crippen molar-refractivity contribution in [2.45, 2.75) is 46.6 Å². The lowest BCUT2D eigenvalue weighted by atomic mass is 10.0. The number of ether oxygens (including phenoxy) is 3. The zero-order chi connectivity index (χ0) is 28.9. The standard InChI is InChI=1S/C30H36N2O7/c1-19(2)28(34)37-17-21(5)15-27(33)31-25-11-7-23(8-12-25)16-24-9-13-26(14-10-24)32-30(36)39-22(6)18-38-29(35)20(3)4/h7-14,21-22H,1,3,15-18H2,2,4-6H3,(H,31,33)(H,32,36). The summed E-state index contributed by atoms with van der Waals surface area (Å²) in [4.78, 5) is 47.3. The highest BCUT2D eigenvalue weighted by Gasteiger charge is 2.14. The third-order valence-corrected chi connectivity index (χ3v) is 5.33. The van der Waals surface area contributed by atoms with E-state index in [0.717, 1.165) is 11.1 Å². The molecule has 0 fully saturated rings. The highest BCUT2D eigenvalue weighted by atomic mass is 16.6. The molecular formula is C30H36N2O7. The predicted octanol–water partition coefficient (Wildman–Crippen LogP) is 5.42. The first-order chi connectivity index (χ1) is 18.4. The molecule has 2 aromatic carbocycles. The van der Waals surface area contributed by atoms with Gasteiger partial charge in [0.15, 0.2) is 0 Å². The molecule has 0 aromatic heterocycles. The van der Waals surface area contributed by atoms with Crippen molar-refractivity contribution in [3.05, 3.63) is 84.0 Å². The third-order valence-electron chi connectivity index (χ3n) is 5.33. The molecule has 0 aliphatic rings. The van der Waals surface area contributed by atoms with Crippen molar-refractivity contribution in [2.24, 2.45) is 5.92 Å². The monoisotopic (exact) mass is 536 g/mol. The van der Waals surface area contributed by atoms with Gasteiger partial charge in [-0.15, -0.1) is 0 Å². The Hall–Kier alpha value is -4.40. The minimum Gasteiger partial charge on any atom is -0.462 e. The van der Waals surface area contributed by atoms with Crippen molar-refractivity contribution < 1.29 is 33.4 Å². The molecule has 2 aromatic rings. The number of carbonyl (C=O) groups is 4. The molecule has 208 valence electrons. The van der Waals surface area contributed by atoms with Crippen LogP contribution in [-0.2, 0) is 35.0 Å². The fourth-order valence-electron chi connectivity index (χ4n) is 3.26. The van der Waals surface area contributed by atoms with Crippen molar-refractivity contribution in [3.63, 3.8) is 0 Å². The summed E-state index contributed by atoms with van der Waals surface area (Å²) in [7, 11) is 0. The molecule has 39 heavy (non-hydrogen) atoms. The lowest BCUT2D eigenvalue weighted by Crippen LogP contribution is -2.25. The van der Waals surface area contributed by atoms with Gasteiger partial charge in [0.05, 0.1) is 6.61 Å². The predicted molar refractivity (Wildman–Crippen MR) is 149 cm³/mol. The van der Waals surface area contributed by atoms with Crippen LogP contribution in [0.5, 0.6) is 0 Å². The van der Waals surface area contributed by atoms with Crippen molar-refractivity contribution in [1.82, 2.24) is 0 Å². The maximum absolute atomic E-state index is 12.3. The second-order valence-corrected chi connectivity index (χ2v) is 9.53. The van der Waals surface area contributed by atoms with Crippen LogP contribution in [0.3, 0.4) is 0 Å². The number of amides is 2. The Bertz CT molecular complexity index is 1090. The number of esters is 2. The zero-order valence-corrected chi connectivity index (χ0v) is 22.9. The van der Waals surface area contributed by atoms with E-state index in [1.165, 1.54) is 6.92 Å². The normalized spacial score (nSPS) is 11.9. The summed E-state index contributed by atoms with van der Waals surface area (Å²) in [6.45, 7) is 13.7. The molecule has 2 unspecified atom stereocenters. The molecule has 2 rings (SSSR count). The Morgan fingerprint density at radius 2 is 1.21 bits per heavy atom. The maximum atomic E-state index is 12.3. The highest BCUT2D eigenvalue weighted by Crippen LogP contribution is 2.17. The van der Waals surface area contributed by atoms with E-state index in [1.54, 1.807) is 26.0 Å². The number of anilines is 2. The average molecular weight is 537 g/mol. The van der Waals surface area contributed by atoms with Gasteiger partial charge >= 0.3 is 18.0 Å². The van der Waals surface area contributed by atoms with Gasteiger partial charge in [0.1, 0.15) is 12.7 Å². The molecule has 0 aliphatic carbocycles. The van der Waals surface area contributed by atoms with E-state index in [1.807, 2.05) is 43.3 Å². The molecule has 0 radical (unpaired) electrons. The van der Waals surface area contributed by atoms with Crippen molar-refractivity contribution in [1.29, 1.82) is 0 Å². The molecule has 0 aliphatic heterocycles. The zero-order valence-electron chi connectivity index (χ0n) is 22.9. The minimum absolute atomic E-state index is 0.0629. The van der Waals surface area contributed by atoms with Gasteiger partial charge in [0, 0.05) is 28.9 Å². The molecule has 0 saturated heterocycles. The number of benzene rings is 2. The van der Waals surface area contributed by atoms with Gasteiger partial charge < -0.3 is 19.5 Å². The number of carbonyl (C=O) groups excluding carboxylic acids is 4. The van der Waals surface area contributed by atoms with Crippen LogP contribution in [0.1, 0.15) is 45.2 Å². The topological polar surface area (TPSA) is 120 Å². The Labute approximate surface area is 229 Å². The molecule has 0 spiro atoms. The van der Waals surface area contributed by atoms with Crippen LogP contribution >= 0.6 is 0 Å². The van der Waals surface area contributed by atoms with Gasteiger partial charge in [-0.25, -0.2) is 14.4 Å². The molecule has 2 amide bonds. The van der Waals surface area contributed by atoms with Gasteiger partial charge in [-0.05, 0) is 68.5 Å². The quantitative estimate of drug-likeness (QED) is 0.199. The van der Waals surface area contributed by atoms with E-state index < -0.39 is 24.1 Å². The summed E-state index contributed by atoms with van der Waals surface area (Å²) >= 11 is 0. The van der Waals surface area contributed by atoms with Crippen LogP contribution in [0.2, 0.25) is 0 Å². The summed E-state index contributed by atoms with van der Waals surface area (Å²) in [5.74, 6) is -1.28. The van der Waals surface area contributed by atoms with E-state index >= 15 is 0 Å². The molecular weight excluding hydrogens is 500 g/mol. The van der Waals surface area contributed by atoms with Crippen LogP contribution in [-0.4, -0.2) is 43.3 Å². The van der Waals surface area contributed by atoms with Gasteiger partial charge in [0.25, 0.3) is 0 Å². The first-order valence-corrected chi connectivity index (χ1v) is 12.5. The molecule has 9 nitrogen and oxygen atoms in total. The van der Waals surface area contributed by atoms with Gasteiger partial charge in [0.2, 0.25) is 5.91 Å². The molecule has 0 bridgehead atoms. The van der Waals surface area contributed by atoms with E-state index in [9.17, 15) is 19.2 Å². The molecule has 0 heterocycles. The number of hydrogen-bond acceptors (Lipinski definition) is 7. The van der Waals surface area contributed by atoms with Crippen molar-refractivity contribution >= 4 is 35.3 Å². The summed E-state index contributed by atoms with van der Waals surface area (Å²) in [5, 5.41) is 5.50. The summed E-state index contributed by atoms with van der Waals surface area (Å²) < 4.78 is 15.3. The smallest absolute Gasteiger partial charge is 0.412 e. The molecule has 0 saturated carbocycles. The Morgan fingerprint density at radius 3 is 1.69 bits per heavy atom. The van der Waals surface area contributed by atoms with Gasteiger partial charge in [-0.3, -0.25) is 10.1 Å². The van der Waals surface area contributed by atoms with E-state index in [0.29, 0.717) is 23.4 Å². The van der Waals surface area contributed by atoms with E-state index in [4.69, 9.17) is 14.2 Å². The van der Waals surface area contributed by atoms with Crippen molar-refractivity contribution in [2.75, 3.05) is 23.8 Å². The first-order valence-electron chi connectivity index (χ1n) is 12.5. The molecule has 2 atom stereocenters. The van der Waals surface area contributed by atoms with Gasteiger partial charge in [-0.2, -0.15) is 0 Å². The van der Waals surface area contributed by atoms with Crippen molar-refractivity contribution in [3.8, 4) is 0 Å². The van der Waals surface area contributed by atoms with E-state index in [2.05, 4.69) is 23.8 Å². The highest BCUT2D eigenvalue weighted by molar-refractivity contribution is 5.91. The second-order valence-electron chi connectivity index (χ2n) is 9.53. The van der Waals surface area contributed by atoms with E-state index in [-0.39, 0.29) is 37.0 Å². The first kappa shape index (κ1) is 30.8. The van der Waals surface area contributed by atoms with Crippen LogP contribution in [0, 0.1) is 5.92 Å². The van der Waals surface area contributed by atoms with Crippen LogP contribution < -0.4 is 10.6 Å². The van der Waals surface area contributed by atoms with Crippen LogP contribution in [0.25, 0.3) is 0 Å². The Balaban J connectivity index is 1.78. The fraction of sp³-hybridized carbons (Fsp3) is 0.333. The molecule has 2 N–H and O–H groups in total. The minimum atomic E-state index is -0.651. The SMILES string of the molecule is C=C(C)C(=O)OCC(C)CC(=O)Nc1ccc(Cc2ccc(NC(=O)OC(C)COC(=O)C(=C)C)cc2)cc1. The number of nitrogens with one attached hydrogen (secondary N) is 2. The summed E-state index contributed by atoms with van der Waals surface area (Å²) in [6, 6.07) is 14.9. The second kappa shape index (κ2) is 15.1. The fourth-order valence-corrected chi connectivity index (χ4v) is 3.26. The van der Waals surface area contributed by atoms with Gasteiger partial charge in [-0.1, -0.05) is 44.3 Å². The average Bonchev–Trinajstić information content (AvgIpc) is 2.87. The van der Waals surface area contributed by atoms with Crippen LogP contribution in [0.4, 0.5) is 16.2 Å². The van der Waals surface area contributed by atoms with Crippen LogP contribution in [0.15, 0.2) is 72.8 Å². The Morgan fingerprint density at radius 1 is 0.744 bits per heavy atom. The molecule has 9 heteroatoms. The third kappa shape index (κ3) is 11.7. The number of rotatable bonds is 13. The summed E-state index contributed by atoms with van der Waals surface area (Å²) in [6.07, 6.45) is -0.382. The maximum Gasteiger partial charge on any atom is 0.412 e. The largest absolute Gasteiger partial charge is 0.462 e. The lowest BCUT2D eigenvalue weighted by Gasteiger charge is -2.14. The Kier molecular flexibility index (Phi) is 11.9. The number of hydrogen-bond donors (Lipinski definition) is 2. The summed E-state index contributed by atoms with van der Waals surface area (Å²) in [5.41, 5.74) is 3.92.